The monoisotopic (exact) mass is 222 g/mol. The Labute approximate surface area is 97.9 Å². The average molecular weight is 222 g/mol. The Morgan fingerprint density at radius 3 is 2.94 bits per heavy atom. The zero-order valence-electron chi connectivity index (χ0n) is 10.5. The lowest BCUT2D eigenvalue weighted by Crippen LogP contribution is -2.33. The highest BCUT2D eigenvalue weighted by Crippen LogP contribution is 1.97. The molecule has 0 atom stereocenters. The Morgan fingerprint density at radius 2 is 2.38 bits per heavy atom. The molecule has 0 spiro atoms. The van der Waals surface area contributed by atoms with E-state index >= 15 is 0 Å². The number of hydrogen-bond acceptors (Lipinski definition) is 3. The summed E-state index contributed by atoms with van der Waals surface area (Å²) in [5, 5.41) is 7.52. The van der Waals surface area contributed by atoms with Gasteiger partial charge in [0.05, 0.1) is 6.20 Å². The van der Waals surface area contributed by atoms with Crippen molar-refractivity contribution >= 4 is 6.20 Å². The number of nitrogens with one attached hydrogen (secondary N) is 1. The first-order chi connectivity index (χ1) is 7.63. The van der Waals surface area contributed by atoms with Gasteiger partial charge >= 0.3 is 0 Å². The van der Waals surface area contributed by atoms with Crippen molar-refractivity contribution in [3.05, 3.63) is 24.5 Å². The summed E-state index contributed by atoms with van der Waals surface area (Å²) in [7, 11) is 2.14. The molecule has 1 aromatic rings. The van der Waals surface area contributed by atoms with Gasteiger partial charge in [-0.15, -0.1) is 0 Å². The van der Waals surface area contributed by atoms with Crippen molar-refractivity contribution in [3.63, 3.8) is 0 Å². The SMILES string of the molecule is C=Cn1cc(CNCCN(C)C(C)C)cn1. The van der Waals surface area contributed by atoms with Crippen molar-refractivity contribution in [3.8, 4) is 0 Å². The molecule has 1 N–H and O–H groups in total. The van der Waals surface area contributed by atoms with Crippen molar-refractivity contribution in [2.45, 2.75) is 26.4 Å². The van der Waals surface area contributed by atoms with Crippen LogP contribution < -0.4 is 5.32 Å². The van der Waals surface area contributed by atoms with Crippen molar-refractivity contribution in [1.82, 2.24) is 20.0 Å². The van der Waals surface area contributed by atoms with Crippen molar-refractivity contribution < 1.29 is 0 Å². The Balaban J connectivity index is 2.18. The Morgan fingerprint density at radius 1 is 1.62 bits per heavy atom. The van der Waals surface area contributed by atoms with E-state index in [0.717, 1.165) is 19.6 Å². The number of nitrogens with zero attached hydrogens (tertiary/aromatic N) is 3. The lowest BCUT2D eigenvalue weighted by atomic mass is 10.3. The third-order valence-electron chi connectivity index (χ3n) is 2.69. The van der Waals surface area contributed by atoms with E-state index in [4.69, 9.17) is 0 Å². The molecule has 0 aliphatic heterocycles. The van der Waals surface area contributed by atoms with E-state index in [9.17, 15) is 0 Å². The van der Waals surface area contributed by atoms with Gasteiger partial charge in [-0.3, -0.25) is 0 Å². The van der Waals surface area contributed by atoms with Crippen molar-refractivity contribution in [2.75, 3.05) is 20.1 Å². The maximum Gasteiger partial charge on any atom is 0.0538 e. The summed E-state index contributed by atoms with van der Waals surface area (Å²) in [5.74, 6) is 0. The maximum absolute atomic E-state index is 4.12. The van der Waals surface area contributed by atoms with E-state index in [2.05, 4.69) is 42.8 Å². The Bertz CT molecular complexity index is 317. The van der Waals surface area contributed by atoms with Crippen LogP contribution in [0.25, 0.3) is 6.20 Å². The van der Waals surface area contributed by atoms with Crippen LogP contribution in [-0.4, -0.2) is 40.9 Å². The van der Waals surface area contributed by atoms with E-state index < -0.39 is 0 Å². The minimum atomic E-state index is 0.602. The van der Waals surface area contributed by atoms with E-state index in [1.807, 2.05) is 12.4 Å². The molecule has 0 unspecified atom stereocenters. The molecular formula is C12H22N4. The number of likely N-dealkylation sites (N-methyl/N-ethyl adjacent to an activating group) is 1. The van der Waals surface area contributed by atoms with E-state index in [0.29, 0.717) is 6.04 Å². The van der Waals surface area contributed by atoms with Gasteiger partial charge in [-0.25, -0.2) is 4.68 Å². The summed E-state index contributed by atoms with van der Waals surface area (Å²) >= 11 is 0. The van der Waals surface area contributed by atoms with Crippen LogP contribution >= 0.6 is 0 Å². The van der Waals surface area contributed by atoms with E-state index in [1.54, 1.807) is 10.9 Å². The van der Waals surface area contributed by atoms with Crippen LogP contribution in [0.15, 0.2) is 19.0 Å². The smallest absolute Gasteiger partial charge is 0.0538 e. The molecule has 4 nitrogen and oxygen atoms in total. The highest BCUT2D eigenvalue weighted by atomic mass is 15.2. The molecule has 1 heterocycles. The summed E-state index contributed by atoms with van der Waals surface area (Å²) in [4.78, 5) is 2.32. The van der Waals surface area contributed by atoms with E-state index in [1.165, 1.54) is 5.56 Å². The molecule has 0 aliphatic carbocycles. The molecule has 0 saturated heterocycles. The highest BCUT2D eigenvalue weighted by Gasteiger charge is 2.02. The molecule has 0 aromatic carbocycles. The predicted octanol–water partition coefficient (Wildman–Crippen LogP) is 1.41. The van der Waals surface area contributed by atoms with Crippen LogP contribution in [0.2, 0.25) is 0 Å². The van der Waals surface area contributed by atoms with Crippen molar-refractivity contribution in [2.24, 2.45) is 0 Å². The largest absolute Gasteiger partial charge is 0.311 e. The molecule has 1 aromatic heterocycles. The summed E-state index contributed by atoms with van der Waals surface area (Å²) in [6, 6.07) is 0.602. The fraction of sp³-hybridized carbons (Fsp3) is 0.583. The molecule has 90 valence electrons. The topological polar surface area (TPSA) is 33.1 Å². The number of aromatic nitrogens is 2. The van der Waals surface area contributed by atoms with Gasteiger partial charge in [0.2, 0.25) is 0 Å². The Hall–Kier alpha value is -1.13. The quantitative estimate of drug-likeness (QED) is 0.708. The predicted molar refractivity (Wildman–Crippen MR) is 68.1 cm³/mol. The summed E-state index contributed by atoms with van der Waals surface area (Å²) in [6.45, 7) is 11.0. The van der Waals surface area contributed by atoms with Gasteiger partial charge in [-0.2, -0.15) is 5.10 Å². The van der Waals surface area contributed by atoms with Crippen LogP contribution in [0.3, 0.4) is 0 Å². The zero-order chi connectivity index (χ0) is 12.0. The molecule has 16 heavy (non-hydrogen) atoms. The minimum absolute atomic E-state index is 0.602. The number of rotatable bonds is 7. The fourth-order valence-electron chi connectivity index (χ4n) is 1.31. The summed E-state index contributed by atoms with van der Waals surface area (Å²) in [5.41, 5.74) is 1.19. The van der Waals surface area contributed by atoms with Crippen LogP contribution in [0.4, 0.5) is 0 Å². The van der Waals surface area contributed by atoms with Gasteiger partial charge in [0, 0.05) is 43.6 Å². The molecule has 1 rings (SSSR count). The second-order valence-electron chi connectivity index (χ2n) is 4.26. The average Bonchev–Trinajstić information content (AvgIpc) is 2.71. The highest BCUT2D eigenvalue weighted by molar-refractivity contribution is 5.17. The molecular weight excluding hydrogens is 200 g/mol. The van der Waals surface area contributed by atoms with Crippen LogP contribution in [0.5, 0.6) is 0 Å². The molecule has 0 saturated carbocycles. The maximum atomic E-state index is 4.12. The van der Waals surface area contributed by atoms with Crippen LogP contribution in [0.1, 0.15) is 19.4 Å². The fourth-order valence-corrected chi connectivity index (χ4v) is 1.31. The van der Waals surface area contributed by atoms with Crippen LogP contribution in [0, 0.1) is 0 Å². The lowest BCUT2D eigenvalue weighted by molar-refractivity contribution is 0.273. The second kappa shape index (κ2) is 6.45. The standard InChI is InChI=1S/C12H22N4/c1-5-16-10-12(9-14-16)8-13-6-7-15(4)11(2)3/h5,9-11,13H,1,6-8H2,2-4H3. The lowest BCUT2D eigenvalue weighted by Gasteiger charge is -2.20. The third-order valence-corrected chi connectivity index (χ3v) is 2.69. The minimum Gasteiger partial charge on any atom is -0.311 e. The molecule has 0 amide bonds. The first kappa shape index (κ1) is 12.9. The van der Waals surface area contributed by atoms with E-state index in [-0.39, 0.29) is 0 Å². The molecule has 4 heteroatoms. The normalized spacial score (nSPS) is 11.3. The second-order valence-corrected chi connectivity index (χ2v) is 4.26. The van der Waals surface area contributed by atoms with Gasteiger partial charge in [0.1, 0.15) is 0 Å². The summed E-state index contributed by atoms with van der Waals surface area (Å²) in [6.07, 6.45) is 5.53. The molecule has 0 radical (unpaired) electrons. The molecule has 0 bridgehead atoms. The van der Waals surface area contributed by atoms with Crippen LogP contribution in [-0.2, 0) is 6.54 Å². The van der Waals surface area contributed by atoms with Crippen molar-refractivity contribution in [1.29, 1.82) is 0 Å². The van der Waals surface area contributed by atoms with Gasteiger partial charge in [-0.05, 0) is 20.9 Å². The van der Waals surface area contributed by atoms with Gasteiger partial charge < -0.3 is 10.2 Å². The molecule has 0 aliphatic rings. The van der Waals surface area contributed by atoms with Gasteiger partial charge in [-0.1, -0.05) is 6.58 Å². The third kappa shape index (κ3) is 4.16. The zero-order valence-corrected chi connectivity index (χ0v) is 10.5. The number of hydrogen-bond donors (Lipinski definition) is 1. The summed E-state index contributed by atoms with van der Waals surface area (Å²) < 4.78 is 1.72. The van der Waals surface area contributed by atoms with Gasteiger partial charge in [0.15, 0.2) is 0 Å². The van der Waals surface area contributed by atoms with Gasteiger partial charge in [0.25, 0.3) is 0 Å². The first-order valence-corrected chi connectivity index (χ1v) is 5.70. The Kier molecular flexibility index (Phi) is 5.22. The first-order valence-electron chi connectivity index (χ1n) is 5.70. The molecule has 0 fully saturated rings.